The first-order valence-electron chi connectivity index (χ1n) is 9.08. The van der Waals surface area contributed by atoms with Gasteiger partial charge in [0.05, 0.1) is 29.5 Å². The fourth-order valence-corrected chi connectivity index (χ4v) is 3.39. The Hall–Kier alpha value is -3.32. The Morgan fingerprint density at radius 1 is 1.25 bits per heavy atom. The van der Waals surface area contributed by atoms with Crippen LogP contribution in [0.25, 0.3) is 22.4 Å². The number of furan rings is 1. The highest BCUT2D eigenvalue weighted by Crippen LogP contribution is 2.36. The van der Waals surface area contributed by atoms with Crippen LogP contribution in [-0.2, 0) is 11.3 Å². The number of anilines is 1. The van der Waals surface area contributed by atoms with Crippen LogP contribution in [0.3, 0.4) is 0 Å². The van der Waals surface area contributed by atoms with Crippen molar-refractivity contribution in [2.75, 3.05) is 19.0 Å². The summed E-state index contributed by atoms with van der Waals surface area (Å²) in [4.78, 5) is 20.8. The number of hydrogen-bond acceptors (Lipinski definition) is 4. The molecule has 0 aliphatic rings. The number of amides is 1. The molecular weight excluding hydrogens is 356 g/mol. The van der Waals surface area contributed by atoms with Gasteiger partial charge in [0.15, 0.2) is 5.76 Å². The first-order valence-corrected chi connectivity index (χ1v) is 9.08. The first-order chi connectivity index (χ1) is 13.6. The average molecular weight is 378 g/mol. The van der Waals surface area contributed by atoms with E-state index in [0.29, 0.717) is 24.8 Å². The van der Waals surface area contributed by atoms with E-state index >= 15 is 0 Å². The SMILES string of the molecule is COCCn1c(C)c(C)c(-c2nc3ccccc3[nH]2)c1NC(=O)c1ccco1. The standard InChI is InChI=1S/C21H22N4O3/c1-13-14(2)25(10-12-27-3)20(24-21(26)17-9-6-11-28-17)18(13)19-22-15-7-4-5-8-16(15)23-19/h4-9,11H,10,12H2,1-3H3,(H,22,23)(H,24,26). The van der Waals surface area contributed by atoms with Gasteiger partial charge in [-0.15, -0.1) is 0 Å². The second kappa shape index (κ2) is 7.36. The smallest absolute Gasteiger partial charge is 0.292 e. The van der Waals surface area contributed by atoms with Crippen molar-refractivity contribution in [3.05, 3.63) is 59.7 Å². The maximum absolute atomic E-state index is 12.7. The van der Waals surface area contributed by atoms with E-state index in [0.717, 1.165) is 27.9 Å². The predicted molar refractivity (Wildman–Crippen MR) is 108 cm³/mol. The topological polar surface area (TPSA) is 85.1 Å². The molecule has 28 heavy (non-hydrogen) atoms. The predicted octanol–water partition coefficient (Wildman–Crippen LogP) is 4.14. The van der Waals surface area contributed by atoms with Crippen LogP contribution in [0.4, 0.5) is 5.82 Å². The van der Waals surface area contributed by atoms with Gasteiger partial charge in [-0.25, -0.2) is 4.98 Å². The zero-order valence-corrected chi connectivity index (χ0v) is 16.1. The van der Waals surface area contributed by atoms with Gasteiger partial charge in [-0.1, -0.05) is 12.1 Å². The third kappa shape index (κ3) is 3.10. The van der Waals surface area contributed by atoms with E-state index in [2.05, 4.69) is 10.3 Å². The minimum absolute atomic E-state index is 0.255. The number of nitrogens with one attached hydrogen (secondary N) is 2. The summed E-state index contributed by atoms with van der Waals surface area (Å²) in [6.45, 7) is 5.19. The molecule has 0 fully saturated rings. The molecule has 144 valence electrons. The van der Waals surface area contributed by atoms with Crippen molar-refractivity contribution in [3.63, 3.8) is 0 Å². The Morgan fingerprint density at radius 2 is 2.07 bits per heavy atom. The number of para-hydroxylation sites is 2. The van der Waals surface area contributed by atoms with Crippen molar-refractivity contribution < 1.29 is 13.9 Å². The lowest BCUT2D eigenvalue weighted by Crippen LogP contribution is -2.17. The van der Waals surface area contributed by atoms with Gasteiger partial charge < -0.3 is 24.0 Å². The summed E-state index contributed by atoms with van der Waals surface area (Å²) in [5.41, 5.74) is 4.78. The fraction of sp³-hybridized carbons (Fsp3) is 0.238. The quantitative estimate of drug-likeness (QED) is 0.528. The number of carbonyl (C=O) groups is 1. The highest BCUT2D eigenvalue weighted by atomic mass is 16.5. The summed E-state index contributed by atoms with van der Waals surface area (Å²) in [5.74, 6) is 1.34. The molecule has 7 nitrogen and oxygen atoms in total. The molecule has 0 spiro atoms. The van der Waals surface area contributed by atoms with Gasteiger partial charge in [-0.2, -0.15) is 0 Å². The highest BCUT2D eigenvalue weighted by Gasteiger charge is 2.24. The van der Waals surface area contributed by atoms with Crippen molar-refractivity contribution in [2.24, 2.45) is 0 Å². The fourth-order valence-electron chi connectivity index (χ4n) is 3.39. The lowest BCUT2D eigenvalue weighted by atomic mass is 10.1. The number of H-pyrrole nitrogens is 1. The number of hydrogen-bond donors (Lipinski definition) is 2. The van der Waals surface area contributed by atoms with Crippen LogP contribution in [0.2, 0.25) is 0 Å². The monoisotopic (exact) mass is 378 g/mol. The van der Waals surface area contributed by atoms with E-state index in [-0.39, 0.29) is 11.7 Å². The number of ether oxygens (including phenoxy) is 1. The maximum atomic E-state index is 12.7. The van der Waals surface area contributed by atoms with E-state index in [9.17, 15) is 4.79 Å². The van der Waals surface area contributed by atoms with E-state index in [1.165, 1.54) is 6.26 Å². The van der Waals surface area contributed by atoms with Crippen LogP contribution in [-0.4, -0.2) is 34.2 Å². The van der Waals surface area contributed by atoms with Crippen LogP contribution in [0.1, 0.15) is 21.8 Å². The molecule has 4 aromatic rings. The molecule has 4 rings (SSSR count). The van der Waals surface area contributed by atoms with Crippen molar-refractivity contribution in [1.29, 1.82) is 0 Å². The molecule has 3 heterocycles. The molecule has 2 N–H and O–H groups in total. The zero-order chi connectivity index (χ0) is 19.7. The van der Waals surface area contributed by atoms with Crippen molar-refractivity contribution in [1.82, 2.24) is 14.5 Å². The number of carbonyl (C=O) groups excluding carboxylic acids is 1. The minimum atomic E-state index is -0.307. The molecule has 3 aromatic heterocycles. The van der Waals surface area contributed by atoms with E-state index in [1.807, 2.05) is 42.7 Å². The first kappa shape index (κ1) is 18.1. The molecule has 0 aliphatic heterocycles. The summed E-state index contributed by atoms with van der Waals surface area (Å²) in [6.07, 6.45) is 1.48. The summed E-state index contributed by atoms with van der Waals surface area (Å²) in [7, 11) is 1.66. The Morgan fingerprint density at radius 3 is 2.79 bits per heavy atom. The van der Waals surface area contributed by atoms with Gasteiger partial charge in [0.2, 0.25) is 0 Å². The molecule has 0 radical (unpaired) electrons. The van der Waals surface area contributed by atoms with Crippen LogP contribution in [0.5, 0.6) is 0 Å². The van der Waals surface area contributed by atoms with Crippen molar-refractivity contribution >= 4 is 22.8 Å². The Kier molecular flexibility index (Phi) is 4.75. The third-order valence-electron chi connectivity index (χ3n) is 4.95. The second-order valence-electron chi connectivity index (χ2n) is 6.61. The Balaban J connectivity index is 1.85. The largest absolute Gasteiger partial charge is 0.459 e. The number of aromatic amines is 1. The summed E-state index contributed by atoms with van der Waals surface area (Å²) >= 11 is 0. The molecule has 0 bridgehead atoms. The van der Waals surface area contributed by atoms with Crippen LogP contribution >= 0.6 is 0 Å². The number of nitrogens with zero attached hydrogens (tertiary/aromatic N) is 2. The van der Waals surface area contributed by atoms with Crippen molar-refractivity contribution in [2.45, 2.75) is 20.4 Å². The number of fused-ring (bicyclic) bond motifs is 1. The van der Waals surface area contributed by atoms with Gasteiger partial charge in [0.1, 0.15) is 11.6 Å². The summed E-state index contributed by atoms with van der Waals surface area (Å²) in [6, 6.07) is 11.2. The molecule has 0 aliphatic carbocycles. The van der Waals surface area contributed by atoms with Crippen LogP contribution in [0, 0.1) is 13.8 Å². The number of rotatable bonds is 6. The molecule has 0 unspecified atom stereocenters. The van der Waals surface area contributed by atoms with Gasteiger partial charge in [-0.05, 0) is 43.7 Å². The maximum Gasteiger partial charge on any atom is 0.292 e. The second-order valence-corrected chi connectivity index (χ2v) is 6.61. The number of aromatic nitrogens is 3. The lowest BCUT2D eigenvalue weighted by Gasteiger charge is -2.12. The third-order valence-corrected chi connectivity index (χ3v) is 4.95. The molecular formula is C21H22N4O3. The molecule has 0 saturated heterocycles. The average Bonchev–Trinajstić information content (AvgIpc) is 3.41. The molecule has 0 atom stereocenters. The minimum Gasteiger partial charge on any atom is -0.459 e. The molecule has 7 heteroatoms. The Bertz CT molecular complexity index is 1090. The number of benzene rings is 1. The Labute approximate surface area is 162 Å². The van der Waals surface area contributed by atoms with Gasteiger partial charge in [0.25, 0.3) is 5.91 Å². The summed E-state index contributed by atoms with van der Waals surface area (Å²) < 4.78 is 12.6. The summed E-state index contributed by atoms with van der Waals surface area (Å²) in [5, 5.41) is 3.01. The normalized spacial score (nSPS) is 11.2. The number of methoxy groups -OCH3 is 1. The van der Waals surface area contributed by atoms with E-state index in [4.69, 9.17) is 14.1 Å². The van der Waals surface area contributed by atoms with Crippen molar-refractivity contribution in [3.8, 4) is 11.4 Å². The van der Waals surface area contributed by atoms with Crippen LogP contribution < -0.4 is 5.32 Å². The van der Waals surface area contributed by atoms with Gasteiger partial charge in [-0.3, -0.25) is 4.79 Å². The lowest BCUT2D eigenvalue weighted by molar-refractivity contribution is 0.0995. The van der Waals surface area contributed by atoms with Gasteiger partial charge >= 0.3 is 0 Å². The zero-order valence-electron chi connectivity index (χ0n) is 16.1. The molecule has 1 aromatic carbocycles. The van der Waals surface area contributed by atoms with Crippen LogP contribution in [0.15, 0.2) is 47.1 Å². The van der Waals surface area contributed by atoms with E-state index in [1.54, 1.807) is 19.2 Å². The number of imidazole rings is 1. The van der Waals surface area contributed by atoms with E-state index < -0.39 is 0 Å². The highest BCUT2D eigenvalue weighted by molar-refractivity contribution is 6.04. The molecule has 0 saturated carbocycles. The molecule has 1 amide bonds. The van der Waals surface area contributed by atoms with Gasteiger partial charge in [0, 0.05) is 19.3 Å².